The predicted octanol–water partition coefficient (Wildman–Crippen LogP) is 1.82. The molecule has 2 rings (SSSR count). The van der Waals surface area contributed by atoms with Crippen molar-refractivity contribution < 1.29 is 18.3 Å². The number of sulfonamides is 1. The van der Waals surface area contributed by atoms with Crippen LogP contribution < -0.4 is 4.72 Å². The summed E-state index contributed by atoms with van der Waals surface area (Å²) in [6.07, 6.45) is 2.44. The Balaban J connectivity index is 2.49. The van der Waals surface area contributed by atoms with E-state index >= 15 is 0 Å². The lowest BCUT2D eigenvalue weighted by Crippen LogP contribution is -2.09. The van der Waals surface area contributed by atoms with Gasteiger partial charge in [-0.15, -0.1) is 0 Å². The van der Waals surface area contributed by atoms with E-state index in [1.54, 1.807) is 36.4 Å². The molecule has 0 amide bonds. The zero-order valence-corrected chi connectivity index (χ0v) is 11.4. The fourth-order valence-corrected chi connectivity index (χ4v) is 2.33. The van der Waals surface area contributed by atoms with Gasteiger partial charge >= 0.3 is 5.97 Å². The van der Waals surface area contributed by atoms with Crippen LogP contribution in [-0.4, -0.2) is 30.7 Å². The second-order valence-electron chi connectivity index (χ2n) is 4.16. The van der Waals surface area contributed by atoms with Crippen molar-refractivity contribution in [3.8, 4) is 11.1 Å². The van der Waals surface area contributed by atoms with Gasteiger partial charge in [-0.2, -0.15) is 0 Å². The maximum atomic E-state index is 11.2. The second kappa shape index (κ2) is 5.30. The van der Waals surface area contributed by atoms with Crippen molar-refractivity contribution in [2.24, 2.45) is 0 Å². The van der Waals surface area contributed by atoms with Crippen LogP contribution in [0.2, 0.25) is 0 Å². The van der Waals surface area contributed by atoms with Crippen molar-refractivity contribution in [1.82, 2.24) is 4.98 Å². The van der Waals surface area contributed by atoms with Gasteiger partial charge in [0.15, 0.2) is 5.69 Å². The molecule has 0 bridgehead atoms. The summed E-state index contributed by atoms with van der Waals surface area (Å²) in [5.74, 6) is -1.14. The lowest BCUT2D eigenvalue weighted by atomic mass is 10.0. The molecule has 0 radical (unpaired) electrons. The number of nitrogens with zero attached hydrogens (tertiary/aromatic N) is 1. The van der Waals surface area contributed by atoms with Crippen LogP contribution in [-0.2, 0) is 10.0 Å². The van der Waals surface area contributed by atoms with E-state index in [1.165, 1.54) is 6.20 Å². The molecule has 104 valence electrons. The summed E-state index contributed by atoms with van der Waals surface area (Å²) in [4.78, 5) is 15.0. The third-order valence-corrected chi connectivity index (χ3v) is 3.09. The van der Waals surface area contributed by atoms with Crippen molar-refractivity contribution >= 4 is 21.7 Å². The Morgan fingerprint density at radius 3 is 2.65 bits per heavy atom. The van der Waals surface area contributed by atoms with E-state index in [0.717, 1.165) is 6.26 Å². The predicted molar refractivity (Wildman–Crippen MR) is 75.1 cm³/mol. The van der Waals surface area contributed by atoms with Crippen LogP contribution in [0.25, 0.3) is 11.1 Å². The van der Waals surface area contributed by atoms with Gasteiger partial charge < -0.3 is 5.11 Å². The summed E-state index contributed by atoms with van der Waals surface area (Å²) in [6.45, 7) is 0. The van der Waals surface area contributed by atoms with Crippen LogP contribution in [0.1, 0.15) is 10.5 Å². The fraction of sp³-hybridized carbons (Fsp3) is 0.0769. The van der Waals surface area contributed by atoms with Gasteiger partial charge in [-0.3, -0.25) is 4.72 Å². The molecule has 7 heteroatoms. The highest BCUT2D eigenvalue weighted by Crippen LogP contribution is 2.25. The first-order valence-electron chi connectivity index (χ1n) is 5.63. The van der Waals surface area contributed by atoms with Crippen molar-refractivity contribution in [2.45, 2.75) is 0 Å². The number of aromatic nitrogens is 1. The molecular formula is C13H12N2O4S. The van der Waals surface area contributed by atoms with Gasteiger partial charge in [-0.05, 0) is 23.8 Å². The molecule has 0 atom stereocenters. The van der Waals surface area contributed by atoms with E-state index in [4.69, 9.17) is 5.11 Å². The number of carboxylic acids is 1. The van der Waals surface area contributed by atoms with Gasteiger partial charge in [0.05, 0.1) is 6.26 Å². The number of nitrogens with one attached hydrogen (secondary N) is 1. The van der Waals surface area contributed by atoms with Crippen molar-refractivity contribution in [2.75, 3.05) is 11.0 Å². The Labute approximate surface area is 116 Å². The summed E-state index contributed by atoms with van der Waals surface area (Å²) in [6, 6.07) is 9.72. The van der Waals surface area contributed by atoms with Crippen LogP contribution >= 0.6 is 0 Å². The van der Waals surface area contributed by atoms with Gasteiger partial charge in [0, 0.05) is 17.4 Å². The lowest BCUT2D eigenvalue weighted by molar-refractivity contribution is 0.0691. The first kappa shape index (κ1) is 14.0. The van der Waals surface area contributed by atoms with Crippen LogP contribution in [0, 0.1) is 0 Å². The summed E-state index contributed by atoms with van der Waals surface area (Å²) in [5.41, 5.74) is 1.29. The van der Waals surface area contributed by atoms with E-state index in [1.807, 2.05) is 0 Å². The van der Waals surface area contributed by atoms with Crippen LogP contribution in [0.3, 0.4) is 0 Å². The molecule has 1 aromatic heterocycles. The minimum Gasteiger partial charge on any atom is -0.476 e. The summed E-state index contributed by atoms with van der Waals surface area (Å²) < 4.78 is 24.8. The number of hydrogen-bond donors (Lipinski definition) is 2. The van der Waals surface area contributed by atoms with E-state index in [-0.39, 0.29) is 5.69 Å². The molecule has 20 heavy (non-hydrogen) atoms. The zero-order chi connectivity index (χ0) is 14.8. The van der Waals surface area contributed by atoms with Crippen LogP contribution in [0.15, 0.2) is 42.6 Å². The van der Waals surface area contributed by atoms with E-state index in [9.17, 15) is 13.2 Å². The minimum absolute atomic E-state index is 0.0796. The molecule has 0 aliphatic carbocycles. The first-order valence-corrected chi connectivity index (χ1v) is 7.52. The Bertz CT molecular complexity index is 756. The highest BCUT2D eigenvalue weighted by atomic mass is 32.2. The van der Waals surface area contributed by atoms with Gasteiger partial charge in [-0.1, -0.05) is 18.2 Å². The first-order chi connectivity index (χ1) is 9.37. The number of benzene rings is 1. The van der Waals surface area contributed by atoms with Gasteiger partial charge in [-0.25, -0.2) is 18.2 Å². The molecular weight excluding hydrogens is 280 g/mol. The third kappa shape index (κ3) is 3.33. The zero-order valence-electron chi connectivity index (χ0n) is 10.6. The van der Waals surface area contributed by atoms with Crippen molar-refractivity contribution in [1.29, 1.82) is 0 Å². The molecule has 0 aliphatic heterocycles. The SMILES string of the molecule is CS(=O)(=O)Nc1cccc(-c2cccnc2C(=O)O)c1. The molecule has 0 unspecified atom stereocenters. The van der Waals surface area contributed by atoms with Crippen molar-refractivity contribution in [3.05, 3.63) is 48.3 Å². The monoisotopic (exact) mass is 292 g/mol. The number of carboxylic acid groups (broad SMARTS) is 1. The molecule has 6 nitrogen and oxygen atoms in total. The Hall–Kier alpha value is -2.41. The summed E-state index contributed by atoms with van der Waals surface area (Å²) in [7, 11) is -3.38. The Morgan fingerprint density at radius 2 is 2.00 bits per heavy atom. The molecule has 0 aliphatic rings. The van der Waals surface area contributed by atoms with E-state index < -0.39 is 16.0 Å². The summed E-state index contributed by atoms with van der Waals surface area (Å²) in [5, 5.41) is 9.11. The standard InChI is InChI=1S/C13H12N2O4S/c1-20(18,19)15-10-5-2-4-9(8-10)11-6-3-7-14-12(11)13(16)17/h2-8,15H,1H3,(H,16,17). The van der Waals surface area contributed by atoms with Gasteiger partial charge in [0.25, 0.3) is 0 Å². The van der Waals surface area contributed by atoms with E-state index in [0.29, 0.717) is 16.8 Å². The molecule has 0 fully saturated rings. The van der Waals surface area contributed by atoms with E-state index in [2.05, 4.69) is 9.71 Å². The fourth-order valence-electron chi connectivity index (χ4n) is 1.77. The lowest BCUT2D eigenvalue weighted by Gasteiger charge is -2.08. The molecule has 1 heterocycles. The number of carbonyl (C=O) groups is 1. The third-order valence-electron chi connectivity index (χ3n) is 2.49. The maximum Gasteiger partial charge on any atom is 0.355 e. The molecule has 1 aromatic carbocycles. The maximum absolute atomic E-state index is 11.2. The number of hydrogen-bond acceptors (Lipinski definition) is 4. The van der Waals surface area contributed by atoms with Crippen LogP contribution in [0.4, 0.5) is 5.69 Å². The second-order valence-corrected chi connectivity index (χ2v) is 5.91. The molecule has 0 saturated heterocycles. The van der Waals surface area contributed by atoms with Gasteiger partial charge in [0.1, 0.15) is 0 Å². The van der Waals surface area contributed by atoms with Crippen molar-refractivity contribution in [3.63, 3.8) is 0 Å². The Morgan fingerprint density at radius 1 is 1.25 bits per heavy atom. The topological polar surface area (TPSA) is 96.4 Å². The highest BCUT2D eigenvalue weighted by Gasteiger charge is 2.13. The average Bonchev–Trinajstić information content (AvgIpc) is 2.37. The molecule has 0 spiro atoms. The average molecular weight is 292 g/mol. The minimum atomic E-state index is -3.38. The normalized spacial score (nSPS) is 11.1. The number of rotatable bonds is 4. The number of aromatic carboxylic acids is 1. The Kier molecular flexibility index (Phi) is 3.71. The van der Waals surface area contributed by atoms with Gasteiger partial charge in [0.2, 0.25) is 10.0 Å². The number of pyridine rings is 1. The molecule has 2 N–H and O–H groups in total. The molecule has 2 aromatic rings. The highest BCUT2D eigenvalue weighted by molar-refractivity contribution is 7.92. The largest absolute Gasteiger partial charge is 0.476 e. The number of anilines is 1. The van der Waals surface area contributed by atoms with Crippen LogP contribution in [0.5, 0.6) is 0 Å². The smallest absolute Gasteiger partial charge is 0.355 e. The summed E-state index contributed by atoms with van der Waals surface area (Å²) >= 11 is 0. The quantitative estimate of drug-likeness (QED) is 0.896. The molecule has 0 saturated carbocycles.